The maximum Gasteiger partial charge on any atom is 0.271 e. The van der Waals surface area contributed by atoms with Gasteiger partial charge in [-0.15, -0.1) is 11.6 Å². The van der Waals surface area contributed by atoms with Gasteiger partial charge in [-0.2, -0.15) is 5.10 Å². The van der Waals surface area contributed by atoms with Crippen LogP contribution >= 0.6 is 11.6 Å². The van der Waals surface area contributed by atoms with E-state index in [0.29, 0.717) is 18.7 Å². The van der Waals surface area contributed by atoms with E-state index < -0.39 is 0 Å². The standard InChI is InChI=1S/C16H19ClN2O2/c1-11-4-5-13(8-12(11)2)15-9-14(10-17)16(20)19(18-15)6-7-21-3/h4-5,8-9H,6-7,10H2,1-3H3. The number of ether oxygens (including phenoxy) is 1. The van der Waals surface area contributed by atoms with Crippen molar-refractivity contribution in [1.29, 1.82) is 0 Å². The number of rotatable bonds is 5. The fraction of sp³-hybridized carbons (Fsp3) is 0.375. The highest BCUT2D eigenvalue weighted by Crippen LogP contribution is 2.20. The fourth-order valence-corrected chi connectivity index (χ4v) is 2.26. The van der Waals surface area contributed by atoms with Gasteiger partial charge in [-0.1, -0.05) is 12.1 Å². The fourth-order valence-electron chi connectivity index (χ4n) is 2.06. The monoisotopic (exact) mass is 306 g/mol. The number of aryl methyl sites for hydroxylation is 2. The van der Waals surface area contributed by atoms with E-state index in [1.165, 1.54) is 15.8 Å². The van der Waals surface area contributed by atoms with Crippen LogP contribution in [0.3, 0.4) is 0 Å². The number of aromatic nitrogens is 2. The van der Waals surface area contributed by atoms with Crippen LogP contribution in [0.15, 0.2) is 29.1 Å². The Kier molecular flexibility index (Phi) is 5.15. The van der Waals surface area contributed by atoms with Crippen molar-refractivity contribution in [2.45, 2.75) is 26.3 Å². The first-order valence-electron chi connectivity index (χ1n) is 6.80. The van der Waals surface area contributed by atoms with E-state index in [9.17, 15) is 4.79 Å². The summed E-state index contributed by atoms with van der Waals surface area (Å²) in [7, 11) is 1.60. The van der Waals surface area contributed by atoms with Gasteiger partial charge in [0.05, 0.1) is 24.7 Å². The van der Waals surface area contributed by atoms with Crippen LogP contribution in [0, 0.1) is 13.8 Å². The number of nitrogens with zero attached hydrogens (tertiary/aromatic N) is 2. The SMILES string of the molecule is COCCn1nc(-c2ccc(C)c(C)c2)cc(CCl)c1=O. The van der Waals surface area contributed by atoms with Gasteiger partial charge in [0.2, 0.25) is 0 Å². The van der Waals surface area contributed by atoms with Crippen LogP contribution in [0.5, 0.6) is 0 Å². The van der Waals surface area contributed by atoms with Gasteiger partial charge in [-0.05, 0) is 37.1 Å². The van der Waals surface area contributed by atoms with Gasteiger partial charge < -0.3 is 4.74 Å². The second-order valence-corrected chi connectivity index (χ2v) is 5.28. The average Bonchev–Trinajstić information content (AvgIpc) is 2.49. The van der Waals surface area contributed by atoms with Crippen molar-refractivity contribution in [3.8, 4) is 11.3 Å². The van der Waals surface area contributed by atoms with E-state index in [2.05, 4.69) is 31.1 Å². The van der Waals surface area contributed by atoms with Crippen molar-refractivity contribution in [1.82, 2.24) is 9.78 Å². The Balaban J connectivity index is 2.52. The Bertz CT molecular complexity index is 695. The number of methoxy groups -OCH3 is 1. The van der Waals surface area contributed by atoms with Crippen molar-refractivity contribution in [2.24, 2.45) is 0 Å². The summed E-state index contributed by atoms with van der Waals surface area (Å²) in [5, 5.41) is 4.42. The van der Waals surface area contributed by atoms with E-state index in [4.69, 9.17) is 16.3 Å². The molecule has 0 spiro atoms. The number of hydrogen-bond donors (Lipinski definition) is 0. The highest BCUT2D eigenvalue weighted by Gasteiger charge is 2.10. The van der Waals surface area contributed by atoms with Crippen LogP contribution in [0.2, 0.25) is 0 Å². The summed E-state index contributed by atoms with van der Waals surface area (Å²) in [6.45, 7) is 4.97. The molecule has 5 heteroatoms. The molecular formula is C16H19ClN2O2. The number of benzene rings is 1. The van der Waals surface area contributed by atoms with Crippen molar-refractivity contribution in [3.05, 3.63) is 51.3 Å². The molecular weight excluding hydrogens is 288 g/mol. The summed E-state index contributed by atoms with van der Waals surface area (Å²) in [6.07, 6.45) is 0. The molecule has 4 nitrogen and oxygen atoms in total. The quantitative estimate of drug-likeness (QED) is 0.798. The lowest BCUT2D eigenvalue weighted by molar-refractivity contribution is 0.182. The zero-order valence-corrected chi connectivity index (χ0v) is 13.3. The molecule has 112 valence electrons. The maximum atomic E-state index is 12.2. The normalized spacial score (nSPS) is 10.9. The topological polar surface area (TPSA) is 44.1 Å². The molecule has 1 aromatic carbocycles. The lowest BCUT2D eigenvalue weighted by atomic mass is 10.0. The van der Waals surface area contributed by atoms with Crippen LogP contribution in [0.1, 0.15) is 16.7 Å². The minimum absolute atomic E-state index is 0.158. The van der Waals surface area contributed by atoms with E-state index in [1.54, 1.807) is 13.2 Å². The molecule has 0 bridgehead atoms. The lowest BCUT2D eigenvalue weighted by Crippen LogP contribution is -2.27. The third-order valence-corrected chi connectivity index (χ3v) is 3.79. The molecule has 0 atom stereocenters. The average molecular weight is 307 g/mol. The Labute approximate surface area is 129 Å². The van der Waals surface area contributed by atoms with Crippen LogP contribution in [-0.4, -0.2) is 23.5 Å². The molecule has 0 N–H and O–H groups in total. The minimum Gasteiger partial charge on any atom is -0.383 e. The number of halogens is 1. The molecule has 2 rings (SSSR count). The zero-order chi connectivity index (χ0) is 15.4. The van der Waals surface area contributed by atoms with Gasteiger partial charge in [-0.25, -0.2) is 4.68 Å². The van der Waals surface area contributed by atoms with E-state index in [0.717, 1.165) is 11.3 Å². The third kappa shape index (κ3) is 3.52. The van der Waals surface area contributed by atoms with Gasteiger partial charge in [-0.3, -0.25) is 4.79 Å². The summed E-state index contributed by atoms with van der Waals surface area (Å²) in [6, 6.07) is 7.90. The summed E-state index contributed by atoms with van der Waals surface area (Å²) in [5.74, 6) is 0.173. The summed E-state index contributed by atoms with van der Waals surface area (Å²) >= 11 is 5.88. The van der Waals surface area contributed by atoms with Crippen molar-refractivity contribution in [3.63, 3.8) is 0 Å². The summed E-state index contributed by atoms with van der Waals surface area (Å²) in [4.78, 5) is 12.2. The highest BCUT2D eigenvalue weighted by atomic mass is 35.5. The van der Waals surface area contributed by atoms with Gasteiger partial charge in [0.1, 0.15) is 0 Å². The number of alkyl halides is 1. The molecule has 0 aliphatic carbocycles. The largest absolute Gasteiger partial charge is 0.383 e. The van der Waals surface area contributed by atoms with E-state index in [1.807, 2.05) is 6.07 Å². The molecule has 0 aliphatic heterocycles. The zero-order valence-electron chi connectivity index (χ0n) is 12.5. The van der Waals surface area contributed by atoms with Crippen LogP contribution in [0.25, 0.3) is 11.3 Å². The second-order valence-electron chi connectivity index (χ2n) is 5.01. The molecule has 0 saturated heterocycles. The van der Waals surface area contributed by atoms with Crippen molar-refractivity contribution < 1.29 is 4.74 Å². The van der Waals surface area contributed by atoms with Gasteiger partial charge in [0, 0.05) is 18.2 Å². The molecule has 0 radical (unpaired) electrons. The Hall–Kier alpha value is -1.65. The van der Waals surface area contributed by atoms with Crippen LogP contribution in [0.4, 0.5) is 0 Å². The number of hydrogen-bond acceptors (Lipinski definition) is 3. The molecule has 0 saturated carbocycles. The van der Waals surface area contributed by atoms with Crippen LogP contribution in [-0.2, 0) is 17.2 Å². The minimum atomic E-state index is -0.158. The molecule has 0 aliphatic rings. The Morgan fingerprint density at radius 2 is 2.00 bits per heavy atom. The molecule has 1 aromatic heterocycles. The van der Waals surface area contributed by atoms with E-state index >= 15 is 0 Å². The Morgan fingerprint density at radius 3 is 2.62 bits per heavy atom. The van der Waals surface area contributed by atoms with Gasteiger partial charge in [0.15, 0.2) is 0 Å². The van der Waals surface area contributed by atoms with Crippen molar-refractivity contribution >= 4 is 11.6 Å². The molecule has 1 heterocycles. The molecule has 2 aromatic rings. The smallest absolute Gasteiger partial charge is 0.271 e. The van der Waals surface area contributed by atoms with Gasteiger partial charge >= 0.3 is 0 Å². The Morgan fingerprint density at radius 1 is 1.24 bits per heavy atom. The molecule has 21 heavy (non-hydrogen) atoms. The molecule has 0 amide bonds. The predicted octanol–water partition coefficient (Wildman–Crippen LogP) is 2.91. The first-order valence-corrected chi connectivity index (χ1v) is 7.34. The van der Waals surface area contributed by atoms with Gasteiger partial charge in [0.25, 0.3) is 5.56 Å². The third-order valence-electron chi connectivity index (χ3n) is 3.50. The van der Waals surface area contributed by atoms with Crippen molar-refractivity contribution in [2.75, 3.05) is 13.7 Å². The first-order chi connectivity index (χ1) is 10.1. The highest BCUT2D eigenvalue weighted by molar-refractivity contribution is 6.17. The van der Waals surface area contributed by atoms with E-state index in [-0.39, 0.29) is 11.4 Å². The predicted molar refractivity (Wildman–Crippen MR) is 84.8 cm³/mol. The summed E-state index contributed by atoms with van der Waals surface area (Å²) < 4.78 is 6.44. The molecule has 0 fully saturated rings. The summed E-state index contributed by atoms with van der Waals surface area (Å²) in [5.41, 5.74) is 4.55. The molecule has 0 unspecified atom stereocenters. The maximum absolute atomic E-state index is 12.2. The van der Waals surface area contributed by atoms with Crippen LogP contribution < -0.4 is 5.56 Å². The first kappa shape index (κ1) is 15.7. The second kappa shape index (κ2) is 6.87. The lowest BCUT2D eigenvalue weighted by Gasteiger charge is -2.10.